The molecule has 6 rings (SSSR count). The van der Waals surface area contributed by atoms with Crippen molar-refractivity contribution in [1.29, 1.82) is 0 Å². The number of H-pyrrole nitrogens is 2. The van der Waals surface area contributed by atoms with E-state index in [-0.39, 0.29) is 0 Å². The summed E-state index contributed by atoms with van der Waals surface area (Å²) in [5.41, 5.74) is 13.9. The van der Waals surface area contributed by atoms with Crippen LogP contribution in [-0.4, -0.2) is 53.4 Å². The summed E-state index contributed by atoms with van der Waals surface area (Å²) in [6.07, 6.45) is 0. The molecule has 0 radical (unpaired) electrons. The van der Waals surface area contributed by atoms with E-state index in [0.29, 0.717) is 0 Å². The van der Waals surface area contributed by atoms with Crippen LogP contribution in [-0.2, 0) is 0 Å². The van der Waals surface area contributed by atoms with Crippen LogP contribution in [0.1, 0.15) is 0 Å². The van der Waals surface area contributed by atoms with Gasteiger partial charge in [-0.3, -0.25) is 5.10 Å². The van der Waals surface area contributed by atoms with Crippen LogP contribution in [0.3, 0.4) is 0 Å². The Morgan fingerprint density at radius 1 is 0.938 bits per heavy atom. The summed E-state index contributed by atoms with van der Waals surface area (Å²) >= 11 is 0. The number of imidazole rings is 1. The number of fused-ring (bicyclic) bond motifs is 2. The highest BCUT2D eigenvalue weighted by Gasteiger charge is 2.21. The molecular weight excluding hydrogens is 398 g/mol. The Balaban J connectivity index is 1.39. The monoisotopic (exact) mass is 424 g/mol. The number of rotatable bonds is 3. The number of nitrogens with one attached hydrogen (secondary N) is 3. The smallest absolute Gasteiger partial charge is 0.159 e. The van der Waals surface area contributed by atoms with E-state index in [9.17, 15) is 0 Å². The van der Waals surface area contributed by atoms with Gasteiger partial charge in [0, 0.05) is 11.1 Å². The summed E-state index contributed by atoms with van der Waals surface area (Å²) in [5, 5.41) is 8.84. The van der Waals surface area contributed by atoms with Crippen molar-refractivity contribution in [3.63, 3.8) is 0 Å². The van der Waals surface area contributed by atoms with Gasteiger partial charge in [-0.05, 0) is 47.5 Å². The molecule has 7 heteroatoms. The van der Waals surface area contributed by atoms with Crippen LogP contribution in [0, 0.1) is 0 Å². The second-order valence-electron chi connectivity index (χ2n) is 8.66. The lowest BCUT2D eigenvalue weighted by Gasteiger charge is -2.31. The molecule has 5 aromatic rings. The van der Waals surface area contributed by atoms with Gasteiger partial charge in [0.2, 0.25) is 0 Å². The average Bonchev–Trinajstić information content (AvgIpc) is 3.43. The van der Waals surface area contributed by atoms with Gasteiger partial charge >= 0.3 is 0 Å². The fourth-order valence-electron chi connectivity index (χ4n) is 4.57. The van der Waals surface area contributed by atoms with E-state index < -0.39 is 0 Å². The van der Waals surface area contributed by atoms with Crippen molar-refractivity contribution in [3.05, 3.63) is 60.7 Å². The molecule has 0 atom stereocenters. The zero-order chi connectivity index (χ0) is 21.7. The number of nitrogen functional groups attached to an aromatic ring is 1. The first kappa shape index (κ1) is 18.9. The number of likely N-dealkylation sites (N-methyl/N-ethyl adjacent to an activating group) is 1. The van der Waals surface area contributed by atoms with Crippen LogP contribution in [0.15, 0.2) is 60.7 Å². The maximum Gasteiger partial charge on any atom is 0.159 e. The maximum absolute atomic E-state index is 5.83. The Morgan fingerprint density at radius 3 is 2.53 bits per heavy atom. The minimum atomic E-state index is 0.765. The molecule has 0 unspecified atom stereocenters. The van der Waals surface area contributed by atoms with Gasteiger partial charge in [0.25, 0.3) is 0 Å². The molecule has 0 saturated carbocycles. The summed E-state index contributed by atoms with van der Waals surface area (Å²) < 4.78 is 0. The number of para-hydroxylation sites is 1. The van der Waals surface area contributed by atoms with Gasteiger partial charge in [-0.15, -0.1) is 0 Å². The average molecular weight is 425 g/mol. The highest BCUT2D eigenvalue weighted by Crippen LogP contribution is 2.32. The van der Waals surface area contributed by atoms with E-state index in [1.54, 1.807) is 4.90 Å². The Labute approximate surface area is 185 Å². The van der Waals surface area contributed by atoms with Crippen molar-refractivity contribution < 1.29 is 4.90 Å². The molecule has 5 N–H and O–H groups in total. The standard InChI is InChI=1S/C25H25N7/c1-31-11-13-32(14-12-31)22-4-2-3-20-24(22)28-25(27-20)23-19-10-7-17(15-21(19)29-30-23)16-5-8-18(26)9-6-16/h2-10,15H,11-14,26H2,1H3,(H,27,28)(H,29,30)/p+1. The fourth-order valence-corrected chi connectivity index (χ4v) is 4.57. The summed E-state index contributed by atoms with van der Waals surface area (Å²) in [6, 6.07) is 20.6. The second kappa shape index (κ2) is 7.39. The number of benzene rings is 3. The predicted molar refractivity (Wildman–Crippen MR) is 130 cm³/mol. The number of hydrogen-bond donors (Lipinski definition) is 4. The molecule has 1 fully saturated rings. The van der Waals surface area contributed by atoms with Crippen LogP contribution in [0.5, 0.6) is 0 Å². The minimum absolute atomic E-state index is 0.765. The highest BCUT2D eigenvalue weighted by molar-refractivity contribution is 5.97. The number of aromatic nitrogens is 4. The molecule has 0 spiro atoms. The Bertz CT molecular complexity index is 1410. The second-order valence-corrected chi connectivity index (χ2v) is 8.66. The van der Waals surface area contributed by atoms with E-state index in [1.165, 1.54) is 5.69 Å². The van der Waals surface area contributed by atoms with Gasteiger partial charge in [0.05, 0.1) is 49.9 Å². The first-order chi connectivity index (χ1) is 15.7. The summed E-state index contributed by atoms with van der Waals surface area (Å²) in [4.78, 5) is 12.5. The molecule has 0 bridgehead atoms. The first-order valence-corrected chi connectivity index (χ1v) is 11.0. The Hall–Kier alpha value is -3.84. The lowest BCUT2D eigenvalue weighted by atomic mass is 10.0. The molecule has 3 heterocycles. The number of nitrogens with zero attached hydrogens (tertiary/aromatic N) is 3. The van der Waals surface area contributed by atoms with E-state index in [1.807, 2.05) is 24.3 Å². The Morgan fingerprint density at radius 2 is 1.72 bits per heavy atom. The summed E-state index contributed by atoms with van der Waals surface area (Å²) in [7, 11) is 2.26. The molecule has 0 aliphatic carbocycles. The molecular formula is C25H26N7+. The van der Waals surface area contributed by atoms with Crippen LogP contribution < -0.4 is 15.5 Å². The molecule has 1 saturated heterocycles. The first-order valence-electron chi connectivity index (χ1n) is 11.0. The number of anilines is 2. The van der Waals surface area contributed by atoms with E-state index in [2.05, 4.69) is 63.5 Å². The third-order valence-corrected chi connectivity index (χ3v) is 6.48. The zero-order valence-electron chi connectivity index (χ0n) is 18.0. The predicted octanol–water partition coefficient (Wildman–Crippen LogP) is 2.69. The van der Waals surface area contributed by atoms with Crippen LogP contribution in [0.4, 0.5) is 11.4 Å². The molecule has 1 aliphatic rings. The van der Waals surface area contributed by atoms with Crippen LogP contribution >= 0.6 is 0 Å². The maximum atomic E-state index is 5.83. The van der Waals surface area contributed by atoms with Crippen molar-refractivity contribution in [2.45, 2.75) is 0 Å². The lowest BCUT2D eigenvalue weighted by molar-refractivity contribution is -0.880. The molecule has 160 valence electrons. The van der Waals surface area contributed by atoms with E-state index in [0.717, 1.165) is 76.4 Å². The lowest BCUT2D eigenvalue weighted by Crippen LogP contribution is -3.12. The minimum Gasteiger partial charge on any atom is -0.399 e. The molecule has 3 aromatic carbocycles. The molecule has 1 aliphatic heterocycles. The van der Waals surface area contributed by atoms with E-state index >= 15 is 0 Å². The molecule has 7 nitrogen and oxygen atoms in total. The van der Waals surface area contributed by atoms with Crippen LogP contribution in [0.25, 0.3) is 44.6 Å². The van der Waals surface area contributed by atoms with Gasteiger partial charge in [-0.2, -0.15) is 5.10 Å². The quantitative estimate of drug-likeness (QED) is 0.335. The molecule has 2 aromatic heterocycles. The SMILES string of the molecule is C[NH+]1CCN(c2cccc3[nH]c(-c4n[nH]c5cc(-c6ccc(N)cc6)ccc45)nc23)CC1. The number of piperazine rings is 1. The van der Waals surface area contributed by atoms with Gasteiger partial charge in [-0.25, -0.2) is 4.98 Å². The number of nitrogens with two attached hydrogens (primary N) is 1. The van der Waals surface area contributed by atoms with Crippen LogP contribution in [0.2, 0.25) is 0 Å². The van der Waals surface area contributed by atoms with Crippen molar-refractivity contribution in [1.82, 2.24) is 20.2 Å². The molecule has 0 amide bonds. The topological polar surface area (TPSA) is 91.1 Å². The van der Waals surface area contributed by atoms with Crippen molar-refractivity contribution in [2.24, 2.45) is 0 Å². The van der Waals surface area contributed by atoms with Crippen molar-refractivity contribution in [2.75, 3.05) is 43.9 Å². The zero-order valence-corrected chi connectivity index (χ0v) is 18.0. The van der Waals surface area contributed by atoms with Crippen molar-refractivity contribution in [3.8, 4) is 22.6 Å². The highest BCUT2D eigenvalue weighted by atomic mass is 15.3. The Kier molecular flexibility index (Phi) is 4.36. The van der Waals surface area contributed by atoms with Crippen molar-refractivity contribution >= 4 is 33.3 Å². The van der Waals surface area contributed by atoms with Gasteiger partial charge < -0.3 is 20.5 Å². The number of quaternary nitrogens is 1. The molecule has 32 heavy (non-hydrogen) atoms. The normalized spacial score (nSPS) is 15.1. The van der Waals surface area contributed by atoms with Gasteiger partial charge in [0.1, 0.15) is 11.2 Å². The third kappa shape index (κ3) is 3.18. The number of aromatic amines is 2. The fraction of sp³-hybridized carbons (Fsp3) is 0.200. The van der Waals surface area contributed by atoms with E-state index in [4.69, 9.17) is 10.7 Å². The van der Waals surface area contributed by atoms with Gasteiger partial charge in [-0.1, -0.05) is 24.3 Å². The third-order valence-electron chi connectivity index (χ3n) is 6.48. The largest absolute Gasteiger partial charge is 0.399 e. The summed E-state index contributed by atoms with van der Waals surface area (Å²) in [6.45, 7) is 4.39. The van der Waals surface area contributed by atoms with Gasteiger partial charge in [0.15, 0.2) is 5.82 Å². The summed E-state index contributed by atoms with van der Waals surface area (Å²) in [5.74, 6) is 0.790. The number of hydrogen-bond acceptors (Lipinski definition) is 4.